The fourth-order valence-corrected chi connectivity index (χ4v) is 3.37. The average Bonchev–Trinajstić information content (AvgIpc) is 2.60. The highest BCUT2D eigenvalue weighted by Gasteiger charge is 2.24. The van der Waals surface area contributed by atoms with E-state index in [4.69, 9.17) is 11.6 Å². The van der Waals surface area contributed by atoms with E-state index in [1.54, 1.807) is 0 Å². The topological polar surface area (TPSA) is 32.3 Å². The number of nitrogens with one attached hydrogen (secondary N) is 1. The first kappa shape index (κ1) is 17.0. The van der Waals surface area contributed by atoms with Crippen LogP contribution in [0.4, 0.5) is 0 Å². The van der Waals surface area contributed by atoms with E-state index in [0.717, 1.165) is 24.4 Å². The van der Waals surface area contributed by atoms with Crippen molar-refractivity contribution in [3.8, 4) is 0 Å². The number of carbonyl (C=O) groups is 1. The molecule has 0 aliphatic carbocycles. The molecule has 0 aromatic heterocycles. The molecule has 3 rings (SSSR count). The first-order chi connectivity index (χ1) is 11.6. The van der Waals surface area contributed by atoms with E-state index >= 15 is 0 Å². The minimum Gasteiger partial charge on any atom is -0.350 e. The van der Waals surface area contributed by atoms with Gasteiger partial charge in [0.05, 0.1) is 0 Å². The normalized spacial score (nSPS) is 17.4. The van der Waals surface area contributed by atoms with Crippen LogP contribution in [-0.4, -0.2) is 30.4 Å². The molecule has 0 unspecified atom stereocenters. The molecule has 0 spiro atoms. The Balaban J connectivity index is 1.62. The van der Waals surface area contributed by atoms with Crippen LogP contribution >= 0.6 is 11.6 Å². The minimum absolute atomic E-state index is 0.0112. The Kier molecular flexibility index (Phi) is 5.22. The summed E-state index contributed by atoms with van der Waals surface area (Å²) in [6, 6.07) is 14.2. The molecule has 0 saturated heterocycles. The maximum atomic E-state index is 12.3. The summed E-state index contributed by atoms with van der Waals surface area (Å²) >= 11 is 6.11. The number of nitrogens with zero attached hydrogens (tertiary/aromatic N) is 1. The van der Waals surface area contributed by atoms with Gasteiger partial charge in [0.2, 0.25) is 0 Å². The van der Waals surface area contributed by atoms with Crippen molar-refractivity contribution < 1.29 is 4.79 Å². The highest BCUT2D eigenvalue weighted by molar-refractivity contribution is 6.30. The summed E-state index contributed by atoms with van der Waals surface area (Å²) in [5.74, 6) is -0.0112. The SMILES string of the molecule is CCc1ccc(C(=O)NC[C@@H]2Cc3cc(Cl)ccc3CN2C)cc1. The first-order valence-corrected chi connectivity index (χ1v) is 8.79. The van der Waals surface area contributed by atoms with Crippen LogP contribution in [0.3, 0.4) is 0 Å². The number of fused-ring (bicyclic) bond motifs is 1. The zero-order valence-electron chi connectivity index (χ0n) is 14.2. The molecule has 1 atom stereocenters. The van der Waals surface area contributed by atoms with Gasteiger partial charge < -0.3 is 5.32 Å². The van der Waals surface area contributed by atoms with Crippen molar-refractivity contribution in [1.29, 1.82) is 0 Å². The van der Waals surface area contributed by atoms with Gasteiger partial charge in [0.1, 0.15) is 0 Å². The van der Waals surface area contributed by atoms with Crippen molar-refractivity contribution in [2.75, 3.05) is 13.6 Å². The highest BCUT2D eigenvalue weighted by Crippen LogP contribution is 2.24. The van der Waals surface area contributed by atoms with Crippen LogP contribution in [0.5, 0.6) is 0 Å². The summed E-state index contributed by atoms with van der Waals surface area (Å²) in [5.41, 5.74) is 4.56. The molecule has 2 aromatic carbocycles. The molecular weight excluding hydrogens is 320 g/mol. The van der Waals surface area contributed by atoms with E-state index in [0.29, 0.717) is 12.1 Å². The second-order valence-electron chi connectivity index (χ2n) is 6.45. The number of halogens is 1. The fourth-order valence-electron chi connectivity index (χ4n) is 3.18. The van der Waals surface area contributed by atoms with Gasteiger partial charge in [0, 0.05) is 29.7 Å². The van der Waals surface area contributed by atoms with Crippen LogP contribution in [0.1, 0.15) is 34.0 Å². The van der Waals surface area contributed by atoms with E-state index in [1.165, 1.54) is 16.7 Å². The van der Waals surface area contributed by atoms with Gasteiger partial charge in [0.15, 0.2) is 0 Å². The summed E-state index contributed by atoms with van der Waals surface area (Å²) in [6.45, 7) is 3.63. The van der Waals surface area contributed by atoms with Gasteiger partial charge in [0.25, 0.3) is 5.91 Å². The molecule has 24 heavy (non-hydrogen) atoms. The van der Waals surface area contributed by atoms with E-state index in [9.17, 15) is 4.79 Å². The van der Waals surface area contributed by atoms with Crippen molar-refractivity contribution in [2.24, 2.45) is 0 Å². The third-order valence-corrected chi connectivity index (χ3v) is 5.02. The van der Waals surface area contributed by atoms with E-state index in [-0.39, 0.29) is 11.9 Å². The Morgan fingerprint density at radius 3 is 2.67 bits per heavy atom. The van der Waals surface area contributed by atoms with E-state index in [2.05, 4.69) is 30.3 Å². The number of amides is 1. The summed E-state index contributed by atoms with van der Waals surface area (Å²) in [5, 5.41) is 3.84. The van der Waals surface area contributed by atoms with Crippen LogP contribution in [0.25, 0.3) is 0 Å². The van der Waals surface area contributed by atoms with Gasteiger partial charge in [-0.15, -0.1) is 0 Å². The third kappa shape index (κ3) is 3.80. The minimum atomic E-state index is -0.0112. The number of carbonyl (C=O) groups excluding carboxylic acids is 1. The zero-order chi connectivity index (χ0) is 17.1. The largest absolute Gasteiger partial charge is 0.350 e. The van der Waals surface area contributed by atoms with Crippen LogP contribution in [0, 0.1) is 0 Å². The standard InChI is InChI=1S/C20H23ClN2O/c1-3-14-4-6-15(7-5-14)20(24)22-12-19-11-17-10-18(21)9-8-16(17)13-23(19)2/h4-10,19H,3,11-13H2,1-2H3,(H,22,24)/t19-/m0/s1. The molecule has 1 aliphatic heterocycles. The first-order valence-electron chi connectivity index (χ1n) is 8.41. The second-order valence-corrected chi connectivity index (χ2v) is 6.88. The van der Waals surface area contributed by atoms with Gasteiger partial charge in [-0.3, -0.25) is 9.69 Å². The molecule has 0 radical (unpaired) electrons. The molecule has 3 nitrogen and oxygen atoms in total. The Hall–Kier alpha value is -1.84. The van der Waals surface area contributed by atoms with Gasteiger partial charge >= 0.3 is 0 Å². The molecule has 2 aromatic rings. The molecule has 1 N–H and O–H groups in total. The van der Waals surface area contributed by atoms with Crippen LogP contribution in [-0.2, 0) is 19.4 Å². The number of aryl methyl sites for hydroxylation is 1. The Morgan fingerprint density at radius 1 is 1.21 bits per heavy atom. The summed E-state index contributed by atoms with van der Waals surface area (Å²) in [7, 11) is 2.10. The number of hydrogen-bond donors (Lipinski definition) is 1. The lowest BCUT2D eigenvalue weighted by Gasteiger charge is -2.34. The van der Waals surface area contributed by atoms with Crippen molar-refractivity contribution in [3.05, 3.63) is 69.7 Å². The molecular formula is C20H23ClN2O. The average molecular weight is 343 g/mol. The van der Waals surface area contributed by atoms with E-state index < -0.39 is 0 Å². The lowest BCUT2D eigenvalue weighted by molar-refractivity contribution is 0.0934. The molecule has 1 heterocycles. The Morgan fingerprint density at radius 2 is 1.96 bits per heavy atom. The predicted octanol–water partition coefficient (Wildman–Crippen LogP) is 3.69. The molecule has 126 valence electrons. The maximum absolute atomic E-state index is 12.3. The van der Waals surface area contributed by atoms with Gasteiger partial charge in [-0.2, -0.15) is 0 Å². The number of rotatable bonds is 4. The van der Waals surface area contributed by atoms with Crippen molar-refractivity contribution in [3.63, 3.8) is 0 Å². The number of benzene rings is 2. The molecule has 1 amide bonds. The molecule has 1 aliphatic rings. The van der Waals surface area contributed by atoms with Crippen molar-refractivity contribution in [2.45, 2.75) is 32.4 Å². The predicted molar refractivity (Wildman–Crippen MR) is 98.6 cm³/mol. The second kappa shape index (κ2) is 7.37. The highest BCUT2D eigenvalue weighted by atomic mass is 35.5. The summed E-state index contributed by atoms with van der Waals surface area (Å²) in [4.78, 5) is 14.6. The molecule has 4 heteroatoms. The van der Waals surface area contributed by atoms with Crippen LogP contribution < -0.4 is 5.32 Å². The third-order valence-electron chi connectivity index (χ3n) is 4.79. The van der Waals surface area contributed by atoms with Gasteiger partial charge in [-0.1, -0.05) is 36.7 Å². The maximum Gasteiger partial charge on any atom is 0.251 e. The monoisotopic (exact) mass is 342 g/mol. The lowest BCUT2D eigenvalue weighted by Crippen LogP contribution is -2.45. The molecule has 0 saturated carbocycles. The fraction of sp³-hybridized carbons (Fsp3) is 0.350. The quantitative estimate of drug-likeness (QED) is 0.919. The summed E-state index contributed by atoms with van der Waals surface area (Å²) < 4.78 is 0. The zero-order valence-corrected chi connectivity index (χ0v) is 14.9. The van der Waals surface area contributed by atoms with Gasteiger partial charge in [-0.05, 0) is 60.8 Å². The van der Waals surface area contributed by atoms with Crippen LogP contribution in [0.2, 0.25) is 5.02 Å². The summed E-state index contributed by atoms with van der Waals surface area (Å²) in [6.07, 6.45) is 1.89. The van der Waals surface area contributed by atoms with Gasteiger partial charge in [-0.25, -0.2) is 0 Å². The number of hydrogen-bond acceptors (Lipinski definition) is 2. The Labute approximate surface area is 148 Å². The van der Waals surface area contributed by atoms with Crippen molar-refractivity contribution >= 4 is 17.5 Å². The molecule has 0 bridgehead atoms. The lowest BCUT2D eigenvalue weighted by atomic mass is 9.94. The smallest absolute Gasteiger partial charge is 0.251 e. The van der Waals surface area contributed by atoms with E-state index in [1.807, 2.05) is 36.4 Å². The van der Waals surface area contributed by atoms with Crippen LogP contribution in [0.15, 0.2) is 42.5 Å². The number of likely N-dealkylation sites (N-methyl/N-ethyl adjacent to an activating group) is 1. The van der Waals surface area contributed by atoms with Crippen molar-refractivity contribution in [1.82, 2.24) is 10.2 Å². The Bertz CT molecular complexity index is 727. The molecule has 0 fully saturated rings.